The number of hydrogen-bond donors (Lipinski definition) is 0. The van der Waals surface area contributed by atoms with Crippen molar-refractivity contribution in [1.82, 2.24) is 18.9 Å². The largest absolute Gasteiger partial charge is 0.309 e. The highest BCUT2D eigenvalue weighted by Crippen LogP contribution is 2.23. The lowest BCUT2D eigenvalue weighted by atomic mass is 10.0. The Morgan fingerprint density at radius 1 is 0.562 bits per heavy atom. The van der Waals surface area contributed by atoms with Crippen molar-refractivity contribution >= 4 is 32.3 Å². The maximum absolute atomic E-state index is 12.9. The van der Waals surface area contributed by atoms with Crippen molar-refractivity contribution in [1.29, 1.82) is 0 Å². The molecular weight excluding hydrogens is 408 g/mol. The molecule has 0 aliphatic carbocycles. The first-order chi connectivity index (χ1) is 15.2. The van der Waals surface area contributed by atoms with Gasteiger partial charge in [-0.05, 0) is 89.2 Å². The summed E-state index contributed by atoms with van der Waals surface area (Å²) in [4.78, 5) is 55.5. The molecule has 0 bridgehead atoms. The van der Waals surface area contributed by atoms with E-state index in [-0.39, 0.29) is 22.2 Å². The van der Waals surface area contributed by atoms with Crippen LogP contribution in [0.4, 0.5) is 0 Å². The van der Waals surface area contributed by atoms with Crippen molar-refractivity contribution in [3.05, 3.63) is 65.7 Å². The number of hydrogen-bond acceptors (Lipinski definition) is 6. The van der Waals surface area contributed by atoms with E-state index in [0.717, 1.165) is 13.1 Å². The van der Waals surface area contributed by atoms with Crippen molar-refractivity contribution in [3.8, 4) is 0 Å². The van der Waals surface area contributed by atoms with Gasteiger partial charge < -0.3 is 9.80 Å². The molecule has 0 saturated heterocycles. The molecule has 0 saturated carbocycles. The number of benzene rings is 2. The van der Waals surface area contributed by atoms with Gasteiger partial charge in [-0.15, -0.1) is 0 Å². The van der Waals surface area contributed by atoms with Gasteiger partial charge in [0.1, 0.15) is 0 Å². The van der Waals surface area contributed by atoms with Crippen molar-refractivity contribution in [2.24, 2.45) is 0 Å². The van der Waals surface area contributed by atoms with E-state index in [1.165, 1.54) is 9.13 Å². The van der Waals surface area contributed by atoms with E-state index in [2.05, 4.69) is 0 Å². The molecule has 0 radical (unpaired) electrons. The summed E-state index contributed by atoms with van der Waals surface area (Å²) < 4.78 is 2.56. The Balaban J connectivity index is 1.82. The predicted octanol–water partition coefficient (Wildman–Crippen LogP) is 0.969. The van der Waals surface area contributed by atoms with Gasteiger partial charge in [-0.25, -0.2) is 0 Å². The van der Waals surface area contributed by atoms with E-state index in [0.29, 0.717) is 58.2 Å². The van der Waals surface area contributed by atoms with Crippen LogP contribution in [-0.4, -0.2) is 60.2 Å². The van der Waals surface area contributed by atoms with Crippen LogP contribution in [0.3, 0.4) is 0 Å². The lowest BCUT2D eigenvalue weighted by Crippen LogP contribution is -2.27. The van der Waals surface area contributed by atoms with Crippen LogP contribution in [0.5, 0.6) is 0 Å². The lowest BCUT2D eigenvalue weighted by molar-refractivity contribution is 0.384. The van der Waals surface area contributed by atoms with Crippen LogP contribution >= 0.6 is 0 Å². The standard InChI is InChI=1S/C24H28N4O4/c1-25(2)7-5-9-27-21(29)17-11-15-13-19-20(14-16(15)12-18(17)22(27)30)24(32)28(23(19)31)10-6-8-26(3)4/h11-14H,5-10H2,1-4H3. The van der Waals surface area contributed by atoms with Crippen LogP contribution in [-0.2, 0) is 13.1 Å². The van der Waals surface area contributed by atoms with Crippen LogP contribution < -0.4 is 22.2 Å². The molecule has 0 aliphatic rings. The maximum atomic E-state index is 12.9. The fourth-order valence-corrected chi connectivity index (χ4v) is 4.32. The zero-order valence-electron chi connectivity index (χ0n) is 19.0. The Labute approximate surface area is 184 Å². The summed E-state index contributed by atoms with van der Waals surface area (Å²) in [6.45, 7) is 2.27. The van der Waals surface area contributed by atoms with Gasteiger partial charge in [0.2, 0.25) is 0 Å². The molecule has 0 aliphatic heterocycles. The van der Waals surface area contributed by atoms with Crippen LogP contribution in [0.2, 0.25) is 0 Å². The Hall–Kier alpha value is -3.10. The summed E-state index contributed by atoms with van der Waals surface area (Å²) in [5.41, 5.74) is -1.23. The number of rotatable bonds is 8. The lowest BCUT2D eigenvalue weighted by Gasteiger charge is -2.08. The van der Waals surface area contributed by atoms with Gasteiger partial charge >= 0.3 is 0 Å². The third-order valence-electron chi connectivity index (χ3n) is 5.99. The molecule has 168 valence electrons. The highest BCUT2D eigenvalue weighted by Gasteiger charge is 2.17. The van der Waals surface area contributed by atoms with E-state index in [9.17, 15) is 19.2 Å². The normalized spacial score (nSPS) is 12.3. The molecule has 32 heavy (non-hydrogen) atoms. The second kappa shape index (κ2) is 8.44. The Morgan fingerprint density at radius 3 is 1.09 bits per heavy atom. The van der Waals surface area contributed by atoms with Gasteiger partial charge in [0.25, 0.3) is 22.2 Å². The highest BCUT2D eigenvalue weighted by molar-refractivity contribution is 6.04. The van der Waals surface area contributed by atoms with Crippen molar-refractivity contribution in [3.63, 3.8) is 0 Å². The molecule has 8 heteroatoms. The number of fused-ring (bicyclic) bond motifs is 3. The average molecular weight is 437 g/mol. The van der Waals surface area contributed by atoms with Crippen LogP contribution in [0.15, 0.2) is 43.4 Å². The summed E-state index contributed by atoms with van der Waals surface area (Å²) in [6, 6.07) is 6.68. The number of aromatic nitrogens is 2. The molecule has 4 rings (SSSR count). The molecule has 2 aromatic heterocycles. The van der Waals surface area contributed by atoms with Gasteiger partial charge in [-0.3, -0.25) is 28.3 Å². The van der Waals surface area contributed by atoms with Crippen LogP contribution in [0.25, 0.3) is 32.3 Å². The first kappa shape index (κ1) is 22.1. The summed E-state index contributed by atoms with van der Waals surface area (Å²) >= 11 is 0. The van der Waals surface area contributed by atoms with Gasteiger partial charge in [-0.1, -0.05) is 0 Å². The minimum Gasteiger partial charge on any atom is -0.309 e. The molecule has 0 unspecified atom stereocenters. The van der Waals surface area contributed by atoms with Crippen LogP contribution in [0, 0.1) is 0 Å². The van der Waals surface area contributed by atoms with E-state index in [1.54, 1.807) is 24.3 Å². The van der Waals surface area contributed by atoms with E-state index in [4.69, 9.17) is 0 Å². The Kier molecular flexibility index (Phi) is 5.83. The fraction of sp³-hybridized carbons (Fsp3) is 0.417. The Bertz CT molecular complexity index is 1310. The van der Waals surface area contributed by atoms with Crippen molar-refractivity contribution in [2.75, 3.05) is 41.3 Å². The maximum Gasteiger partial charge on any atom is 0.261 e. The minimum atomic E-state index is -0.307. The molecule has 0 N–H and O–H groups in total. The zero-order chi connectivity index (χ0) is 23.2. The van der Waals surface area contributed by atoms with E-state index >= 15 is 0 Å². The molecule has 2 heterocycles. The molecular formula is C24H28N4O4. The Morgan fingerprint density at radius 2 is 0.844 bits per heavy atom. The summed E-state index contributed by atoms with van der Waals surface area (Å²) in [5, 5.41) is 2.77. The predicted molar refractivity (Wildman–Crippen MR) is 129 cm³/mol. The van der Waals surface area contributed by atoms with E-state index < -0.39 is 0 Å². The molecule has 4 aromatic rings. The van der Waals surface area contributed by atoms with Crippen molar-refractivity contribution < 1.29 is 0 Å². The second-order valence-corrected chi connectivity index (χ2v) is 8.98. The van der Waals surface area contributed by atoms with Crippen molar-refractivity contribution in [2.45, 2.75) is 25.9 Å². The zero-order valence-corrected chi connectivity index (χ0v) is 19.0. The fourth-order valence-electron chi connectivity index (χ4n) is 4.32. The second-order valence-electron chi connectivity index (χ2n) is 8.98. The van der Waals surface area contributed by atoms with Gasteiger partial charge in [0.15, 0.2) is 0 Å². The average Bonchev–Trinajstić information content (AvgIpc) is 3.10. The number of nitrogens with zero attached hydrogens (tertiary/aromatic N) is 4. The third kappa shape index (κ3) is 3.80. The first-order valence-electron chi connectivity index (χ1n) is 10.8. The molecule has 0 atom stereocenters. The topological polar surface area (TPSA) is 84.6 Å². The minimum absolute atomic E-state index is 0.307. The van der Waals surface area contributed by atoms with Gasteiger partial charge in [-0.2, -0.15) is 0 Å². The van der Waals surface area contributed by atoms with E-state index in [1.807, 2.05) is 38.0 Å². The smallest absolute Gasteiger partial charge is 0.261 e. The molecule has 0 amide bonds. The monoisotopic (exact) mass is 436 g/mol. The quantitative estimate of drug-likeness (QED) is 0.409. The van der Waals surface area contributed by atoms with Gasteiger partial charge in [0, 0.05) is 13.1 Å². The third-order valence-corrected chi connectivity index (χ3v) is 5.99. The van der Waals surface area contributed by atoms with Gasteiger partial charge in [0.05, 0.1) is 21.5 Å². The first-order valence-corrected chi connectivity index (χ1v) is 10.8. The SMILES string of the molecule is CN(C)CCCn1c(=O)c2cc3cc4c(=O)n(CCCN(C)C)c(=O)c4cc3cc2c1=O. The molecule has 0 spiro atoms. The summed E-state index contributed by atoms with van der Waals surface area (Å²) in [7, 11) is 7.78. The van der Waals surface area contributed by atoms with Crippen LogP contribution in [0.1, 0.15) is 12.8 Å². The molecule has 2 aromatic carbocycles. The molecule has 0 fully saturated rings. The molecule has 8 nitrogen and oxygen atoms in total. The summed E-state index contributed by atoms with van der Waals surface area (Å²) in [6.07, 6.45) is 1.39. The highest BCUT2D eigenvalue weighted by atomic mass is 16.2. The summed E-state index contributed by atoms with van der Waals surface area (Å²) in [5.74, 6) is 0.